The van der Waals surface area contributed by atoms with Gasteiger partial charge in [0.05, 0.1) is 13.1 Å². The number of rotatable bonds is 8. The van der Waals surface area contributed by atoms with E-state index < -0.39 is 11.8 Å². The van der Waals surface area contributed by atoms with Crippen molar-refractivity contribution in [3.8, 4) is 0 Å². The molecule has 19 heavy (non-hydrogen) atoms. The Kier molecular flexibility index (Phi) is 5.74. The molecule has 0 radical (unpaired) electrons. The summed E-state index contributed by atoms with van der Waals surface area (Å²) in [5.41, 5.74) is 11.2. The molecule has 104 valence electrons. The predicted octanol–water partition coefficient (Wildman–Crippen LogP) is -0.714. The maximum atomic E-state index is 11.0. The van der Waals surface area contributed by atoms with Crippen molar-refractivity contribution in [3.05, 3.63) is 23.9 Å². The van der Waals surface area contributed by atoms with Gasteiger partial charge in [0.1, 0.15) is 5.82 Å². The van der Waals surface area contributed by atoms with E-state index in [4.69, 9.17) is 11.5 Å². The lowest BCUT2D eigenvalue weighted by molar-refractivity contribution is -0.122. The second kappa shape index (κ2) is 7.32. The number of amides is 2. The zero-order valence-corrected chi connectivity index (χ0v) is 10.9. The number of carbonyl (C=O) groups is 2. The van der Waals surface area contributed by atoms with Gasteiger partial charge < -0.3 is 16.8 Å². The van der Waals surface area contributed by atoms with Gasteiger partial charge in [0.25, 0.3) is 0 Å². The van der Waals surface area contributed by atoms with Crippen molar-refractivity contribution in [2.45, 2.75) is 13.5 Å². The molecule has 0 fully saturated rings. The van der Waals surface area contributed by atoms with E-state index in [1.807, 2.05) is 19.1 Å². The molecular formula is C12H19N5O2. The van der Waals surface area contributed by atoms with Gasteiger partial charge in [-0.25, -0.2) is 4.98 Å². The van der Waals surface area contributed by atoms with Crippen LogP contribution in [0.4, 0.5) is 5.82 Å². The molecule has 0 saturated heterocycles. The monoisotopic (exact) mass is 265 g/mol. The van der Waals surface area contributed by atoms with Gasteiger partial charge in [-0.15, -0.1) is 0 Å². The number of nitrogens with two attached hydrogens (primary N) is 2. The number of carbonyl (C=O) groups excluding carboxylic acids is 2. The van der Waals surface area contributed by atoms with Crippen LogP contribution in [-0.4, -0.2) is 41.3 Å². The van der Waals surface area contributed by atoms with E-state index >= 15 is 0 Å². The van der Waals surface area contributed by atoms with Gasteiger partial charge in [0, 0.05) is 19.3 Å². The molecule has 0 unspecified atom stereocenters. The lowest BCUT2D eigenvalue weighted by atomic mass is 10.2. The molecule has 2 amide bonds. The molecule has 1 rings (SSSR count). The van der Waals surface area contributed by atoms with Crippen molar-refractivity contribution < 1.29 is 9.59 Å². The fraction of sp³-hybridized carbons (Fsp3) is 0.417. The van der Waals surface area contributed by atoms with Crippen LogP contribution in [0.15, 0.2) is 18.3 Å². The van der Waals surface area contributed by atoms with Crippen LogP contribution in [0.2, 0.25) is 0 Å². The largest absolute Gasteiger partial charge is 0.370 e. The van der Waals surface area contributed by atoms with Crippen LogP contribution in [0, 0.1) is 0 Å². The van der Waals surface area contributed by atoms with Gasteiger partial charge in [0.15, 0.2) is 0 Å². The molecule has 0 aliphatic rings. The number of aromatic nitrogens is 1. The molecule has 1 aromatic rings. The van der Waals surface area contributed by atoms with Crippen molar-refractivity contribution in [1.29, 1.82) is 0 Å². The van der Waals surface area contributed by atoms with Crippen LogP contribution >= 0.6 is 0 Å². The van der Waals surface area contributed by atoms with Crippen LogP contribution in [0.1, 0.15) is 12.5 Å². The molecule has 0 atom stereocenters. The van der Waals surface area contributed by atoms with E-state index in [0.717, 1.165) is 17.9 Å². The van der Waals surface area contributed by atoms with Crippen molar-refractivity contribution in [2.24, 2.45) is 11.5 Å². The lowest BCUT2D eigenvalue weighted by Crippen LogP contribution is -2.39. The smallest absolute Gasteiger partial charge is 0.231 e. The Hall–Kier alpha value is -2.15. The highest BCUT2D eigenvalue weighted by atomic mass is 16.2. The fourth-order valence-corrected chi connectivity index (χ4v) is 1.72. The molecule has 1 aromatic heterocycles. The van der Waals surface area contributed by atoms with E-state index in [9.17, 15) is 9.59 Å². The second-order valence-corrected chi connectivity index (χ2v) is 4.16. The molecular weight excluding hydrogens is 246 g/mol. The van der Waals surface area contributed by atoms with Crippen LogP contribution in [0.5, 0.6) is 0 Å². The number of nitrogens with zero attached hydrogens (tertiary/aromatic N) is 2. The molecule has 7 nitrogen and oxygen atoms in total. The number of anilines is 1. The second-order valence-electron chi connectivity index (χ2n) is 4.16. The number of pyridine rings is 1. The van der Waals surface area contributed by atoms with Crippen LogP contribution in [0.25, 0.3) is 0 Å². The molecule has 0 aliphatic heterocycles. The number of hydrogen-bond acceptors (Lipinski definition) is 5. The molecule has 0 aromatic carbocycles. The Morgan fingerprint density at radius 3 is 2.47 bits per heavy atom. The highest BCUT2D eigenvalue weighted by molar-refractivity contribution is 5.79. The SMILES string of the molecule is CCNc1cc(CN(CC(N)=O)CC(N)=O)ccn1. The molecule has 0 bridgehead atoms. The summed E-state index contributed by atoms with van der Waals surface area (Å²) >= 11 is 0. The normalized spacial score (nSPS) is 10.4. The molecule has 1 heterocycles. The van der Waals surface area contributed by atoms with E-state index in [-0.39, 0.29) is 13.1 Å². The Morgan fingerprint density at radius 1 is 1.32 bits per heavy atom. The molecule has 0 spiro atoms. The van der Waals surface area contributed by atoms with Gasteiger partial charge in [-0.1, -0.05) is 0 Å². The maximum absolute atomic E-state index is 11.0. The summed E-state index contributed by atoms with van der Waals surface area (Å²) in [6.45, 7) is 3.12. The standard InChI is InChI=1S/C12H19N5O2/c1-2-15-12-5-9(3-4-16-12)6-17(7-10(13)18)8-11(14)19/h3-5H,2,6-8H2,1H3,(H2,13,18)(H2,14,19)(H,15,16). The highest BCUT2D eigenvalue weighted by Crippen LogP contribution is 2.09. The Balaban J connectivity index is 2.73. The third kappa shape index (κ3) is 5.82. The minimum absolute atomic E-state index is 0.0121. The van der Waals surface area contributed by atoms with Crippen molar-refractivity contribution in [3.63, 3.8) is 0 Å². The molecule has 0 aliphatic carbocycles. The topological polar surface area (TPSA) is 114 Å². The van der Waals surface area contributed by atoms with Gasteiger partial charge >= 0.3 is 0 Å². The minimum Gasteiger partial charge on any atom is -0.370 e. The predicted molar refractivity (Wildman–Crippen MR) is 72.1 cm³/mol. The molecule has 7 heteroatoms. The van der Waals surface area contributed by atoms with Crippen molar-refractivity contribution in [1.82, 2.24) is 9.88 Å². The summed E-state index contributed by atoms with van der Waals surface area (Å²) in [5, 5.41) is 3.09. The summed E-state index contributed by atoms with van der Waals surface area (Å²) in [6.07, 6.45) is 1.67. The summed E-state index contributed by atoms with van der Waals surface area (Å²) in [4.78, 5) is 27.6. The summed E-state index contributed by atoms with van der Waals surface area (Å²) in [7, 11) is 0. The first-order chi connectivity index (χ1) is 9.01. The van der Waals surface area contributed by atoms with E-state index in [1.165, 1.54) is 0 Å². The summed E-state index contributed by atoms with van der Waals surface area (Å²) in [5.74, 6) is -0.248. The average molecular weight is 265 g/mol. The molecule has 0 saturated carbocycles. The van der Waals surface area contributed by atoms with E-state index in [1.54, 1.807) is 11.1 Å². The first-order valence-electron chi connectivity index (χ1n) is 5.99. The lowest BCUT2D eigenvalue weighted by Gasteiger charge is -2.19. The van der Waals surface area contributed by atoms with E-state index in [2.05, 4.69) is 10.3 Å². The van der Waals surface area contributed by atoms with Crippen LogP contribution < -0.4 is 16.8 Å². The highest BCUT2D eigenvalue weighted by Gasteiger charge is 2.12. The summed E-state index contributed by atoms with van der Waals surface area (Å²) < 4.78 is 0. The zero-order valence-electron chi connectivity index (χ0n) is 10.9. The first kappa shape index (κ1) is 14.9. The van der Waals surface area contributed by atoms with Crippen molar-refractivity contribution >= 4 is 17.6 Å². The van der Waals surface area contributed by atoms with Crippen LogP contribution in [-0.2, 0) is 16.1 Å². The van der Waals surface area contributed by atoms with Gasteiger partial charge in [-0.2, -0.15) is 0 Å². The minimum atomic E-state index is -0.498. The summed E-state index contributed by atoms with van der Waals surface area (Å²) in [6, 6.07) is 3.67. The van der Waals surface area contributed by atoms with Crippen LogP contribution in [0.3, 0.4) is 0 Å². The third-order valence-electron chi connectivity index (χ3n) is 2.35. The zero-order chi connectivity index (χ0) is 14.3. The Bertz CT molecular complexity index is 434. The number of nitrogens with one attached hydrogen (secondary N) is 1. The molecule has 5 N–H and O–H groups in total. The Morgan fingerprint density at radius 2 is 1.95 bits per heavy atom. The first-order valence-corrected chi connectivity index (χ1v) is 5.99. The van der Waals surface area contributed by atoms with Gasteiger partial charge in [-0.05, 0) is 24.6 Å². The van der Waals surface area contributed by atoms with E-state index in [0.29, 0.717) is 6.54 Å². The van der Waals surface area contributed by atoms with Gasteiger partial charge in [0.2, 0.25) is 11.8 Å². The average Bonchev–Trinajstić information content (AvgIpc) is 2.27. The maximum Gasteiger partial charge on any atom is 0.231 e. The third-order valence-corrected chi connectivity index (χ3v) is 2.35. The fourth-order valence-electron chi connectivity index (χ4n) is 1.72. The number of primary amides is 2. The quantitative estimate of drug-likeness (QED) is 0.574. The van der Waals surface area contributed by atoms with Crippen molar-refractivity contribution in [2.75, 3.05) is 25.0 Å². The number of hydrogen-bond donors (Lipinski definition) is 3. The Labute approximate surface area is 112 Å². The van der Waals surface area contributed by atoms with Gasteiger partial charge in [-0.3, -0.25) is 14.5 Å².